The van der Waals surface area contributed by atoms with Crippen LogP contribution in [0, 0.1) is 5.82 Å². The van der Waals surface area contributed by atoms with Crippen molar-refractivity contribution in [2.24, 2.45) is 0 Å². The summed E-state index contributed by atoms with van der Waals surface area (Å²) in [4.78, 5) is 16.2. The number of aryl methyl sites for hydroxylation is 1. The minimum absolute atomic E-state index is 0.0283. The van der Waals surface area contributed by atoms with Crippen molar-refractivity contribution in [1.82, 2.24) is 15.2 Å². The Balaban J connectivity index is 1.60. The molecule has 0 aliphatic rings. The van der Waals surface area contributed by atoms with Crippen molar-refractivity contribution in [2.45, 2.75) is 26.4 Å². The van der Waals surface area contributed by atoms with E-state index in [4.69, 9.17) is 9.15 Å². The molecule has 6 nitrogen and oxygen atoms in total. The van der Waals surface area contributed by atoms with E-state index in [0.29, 0.717) is 17.1 Å². The lowest BCUT2D eigenvalue weighted by Crippen LogP contribution is -2.05. The number of nitrogens with zero attached hydrogens (tertiary/aromatic N) is 2. The van der Waals surface area contributed by atoms with Crippen LogP contribution < -0.4 is 0 Å². The van der Waals surface area contributed by atoms with Gasteiger partial charge in [-0.25, -0.2) is 14.2 Å². The number of carbonyl (C=O) groups excluding carboxylic acids is 1. The van der Waals surface area contributed by atoms with Crippen LogP contribution in [-0.2, 0) is 17.8 Å². The van der Waals surface area contributed by atoms with Gasteiger partial charge in [0.25, 0.3) is 0 Å². The van der Waals surface area contributed by atoms with Gasteiger partial charge in [-0.1, -0.05) is 13.3 Å². The highest BCUT2D eigenvalue weighted by molar-refractivity contribution is 5.87. The molecule has 0 aliphatic carbocycles. The number of H-pyrrole nitrogens is 1. The molecule has 7 heteroatoms. The third kappa shape index (κ3) is 3.68. The van der Waals surface area contributed by atoms with Crippen LogP contribution in [-0.4, -0.2) is 21.2 Å². The third-order valence-electron chi connectivity index (χ3n) is 3.35. The lowest BCUT2D eigenvalue weighted by atomic mass is 10.2. The van der Waals surface area contributed by atoms with E-state index in [9.17, 15) is 9.18 Å². The average Bonchev–Trinajstić information content (AvgIpc) is 3.23. The number of rotatable bonds is 6. The Kier molecular flexibility index (Phi) is 4.69. The average molecular weight is 329 g/mol. The number of hydrogen-bond acceptors (Lipinski definition) is 5. The number of halogens is 1. The van der Waals surface area contributed by atoms with Crippen molar-refractivity contribution in [3.05, 3.63) is 59.5 Å². The summed E-state index contributed by atoms with van der Waals surface area (Å²) in [6.45, 7) is 2.02. The topological polar surface area (TPSA) is 81.0 Å². The number of carbonyl (C=O) groups is 1. The maximum atomic E-state index is 12.9. The van der Waals surface area contributed by atoms with E-state index in [1.807, 2.05) is 6.92 Å². The molecule has 0 saturated carbocycles. The largest absolute Gasteiger partial charge is 0.454 e. The number of aromatic nitrogens is 3. The maximum Gasteiger partial charge on any atom is 0.359 e. The number of oxazole rings is 1. The summed E-state index contributed by atoms with van der Waals surface area (Å²) in [7, 11) is 0. The molecule has 1 aromatic carbocycles. The van der Waals surface area contributed by atoms with Crippen molar-refractivity contribution in [3.63, 3.8) is 0 Å². The van der Waals surface area contributed by atoms with Gasteiger partial charge >= 0.3 is 5.97 Å². The van der Waals surface area contributed by atoms with E-state index >= 15 is 0 Å². The molecule has 24 heavy (non-hydrogen) atoms. The third-order valence-corrected chi connectivity index (χ3v) is 3.35. The molecule has 0 bridgehead atoms. The number of aromatic amines is 1. The van der Waals surface area contributed by atoms with Crippen molar-refractivity contribution in [2.75, 3.05) is 0 Å². The van der Waals surface area contributed by atoms with E-state index in [-0.39, 0.29) is 18.1 Å². The van der Waals surface area contributed by atoms with Crippen molar-refractivity contribution in [1.29, 1.82) is 0 Å². The Morgan fingerprint density at radius 1 is 1.33 bits per heavy atom. The maximum absolute atomic E-state index is 12.9. The van der Waals surface area contributed by atoms with Gasteiger partial charge in [-0.2, -0.15) is 5.10 Å². The summed E-state index contributed by atoms with van der Waals surface area (Å²) in [5.41, 5.74) is 2.24. The minimum atomic E-state index is -0.528. The standard InChI is InChI=1S/C17H16FN3O3/c1-2-3-13-8-15(21-20-13)17(22)24-10-14-9-23-16(19-14)11-4-6-12(18)7-5-11/h4-9H,2-3,10H2,1H3,(H,20,21). The highest BCUT2D eigenvalue weighted by Crippen LogP contribution is 2.19. The number of nitrogens with one attached hydrogen (secondary N) is 1. The van der Waals surface area contributed by atoms with E-state index in [1.165, 1.54) is 18.4 Å². The van der Waals surface area contributed by atoms with Crippen LogP contribution in [0.2, 0.25) is 0 Å². The van der Waals surface area contributed by atoms with Crippen LogP contribution in [0.15, 0.2) is 41.0 Å². The molecule has 0 unspecified atom stereocenters. The predicted octanol–water partition coefficient (Wildman–Crippen LogP) is 3.51. The van der Waals surface area contributed by atoms with Gasteiger partial charge in [0.1, 0.15) is 24.4 Å². The second-order valence-electron chi connectivity index (χ2n) is 5.26. The molecule has 0 aliphatic heterocycles. The van der Waals surface area contributed by atoms with Crippen molar-refractivity contribution in [3.8, 4) is 11.5 Å². The lowest BCUT2D eigenvalue weighted by Gasteiger charge is -1.98. The monoisotopic (exact) mass is 329 g/mol. The van der Waals surface area contributed by atoms with E-state index in [0.717, 1.165) is 18.5 Å². The van der Waals surface area contributed by atoms with Gasteiger partial charge in [0.2, 0.25) is 5.89 Å². The van der Waals surface area contributed by atoms with Crippen molar-refractivity contribution < 1.29 is 18.3 Å². The zero-order valence-electron chi connectivity index (χ0n) is 13.1. The Hall–Kier alpha value is -2.96. The zero-order chi connectivity index (χ0) is 16.9. The normalized spacial score (nSPS) is 10.8. The van der Waals surface area contributed by atoms with Gasteiger partial charge in [0, 0.05) is 11.3 Å². The predicted molar refractivity (Wildman–Crippen MR) is 83.6 cm³/mol. The quantitative estimate of drug-likeness (QED) is 0.700. The Labute approximate surface area is 137 Å². The molecule has 0 saturated heterocycles. The molecule has 3 rings (SSSR count). The van der Waals surface area contributed by atoms with Gasteiger partial charge < -0.3 is 9.15 Å². The fraction of sp³-hybridized carbons (Fsp3) is 0.235. The molecule has 0 spiro atoms. The summed E-state index contributed by atoms with van der Waals surface area (Å²) in [6.07, 6.45) is 3.19. The fourth-order valence-electron chi connectivity index (χ4n) is 2.18. The Bertz CT molecular complexity index is 824. The number of esters is 1. The van der Waals surface area contributed by atoms with Crippen LogP contribution in [0.3, 0.4) is 0 Å². The first-order valence-corrected chi connectivity index (χ1v) is 7.57. The molecular weight excluding hydrogens is 313 g/mol. The summed E-state index contributed by atoms with van der Waals surface area (Å²) >= 11 is 0. The van der Waals surface area contributed by atoms with Crippen LogP contribution in [0.25, 0.3) is 11.5 Å². The molecule has 2 aromatic heterocycles. The van der Waals surface area contributed by atoms with E-state index < -0.39 is 5.97 Å². The first kappa shape index (κ1) is 15.9. The number of ether oxygens (including phenoxy) is 1. The van der Waals surface area contributed by atoms with Gasteiger partial charge in [-0.05, 0) is 36.8 Å². The van der Waals surface area contributed by atoms with Gasteiger partial charge in [-0.15, -0.1) is 0 Å². The smallest absolute Gasteiger partial charge is 0.359 e. The molecule has 1 N–H and O–H groups in total. The van der Waals surface area contributed by atoms with E-state index in [2.05, 4.69) is 15.2 Å². The highest BCUT2D eigenvalue weighted by Gasteiger charge is 2.14. The van der Waals surface area contributed by atoms with Crippen LogP contribution in [0.4, 0.5) is 4.39 Å². The van der Waals surface area contributed by atoms with Crippen LogP contribution in [0.5, 0.6) is 0 Å². The summed E-state index contributed by atoms with van der Waals surface area (Å²) < 4.78 is 23.4. The summed E-state index contributed by atoms with van der Waals surface area (Å²) in [6, 6.07) is 7.46. The fourth-order valence-corrected chi connectivity index (χ4v) is 2.18. The summed E-state index contributed by atoms with van der Waals surface area (Å²) in [5.74, 6) is -0.521. The molecule has 0 fully saturated rings. The Morgan fingerprint density at radius 2 is 2.12 bits per heavy atom. The SMILES string of the molecule is CCCc1cc(C(=O)OCc2coc(-c3ccc(F)cc3)n2)n[nH]1. The number of benzene rings is 1. The molecule has 0 atom stereocenters. The van der Waals surface area contributed by atoms with Gasteiger partial charge in [0.05, 0.1) is 0 Å². The first-order chi connectivity index (χ1) is 11.7. The van der Waals surface area contributed by atoms with E-state index in [1.54, 1.807) is 18.2 Å². The summed E-state index contributed by atoms with van der Waals surface area (Å²) in [5, 5.41) is 6.73. The van der Waals surface area contributed by atoms with Gasteiger partial charge in [0.15, 0.2) is 5.69 Å². The molecular formula is C17H16FN3O3. The van der Waals surface area contributed by atoms with Crippen LogP contribution >= 0.6 is 0 Å². The minimum Gasteiger partial charge on any atom is -0.454 e. The number of hydrogen-bond donors (Lipinski definition) is 1. The Morgan fingerprint density at radius 3 is 2.88 bits per heavy atom. The second-order valence-corrected chi connectivity index (χ2v) is 5.26. The zero-order valence-corrected chi connectivity index (χ0v) is 13.1. The molecule has 3 aromatic rings. The van der Waals surface area contributed by atoms with Crippen molar-refractivity contribution >= 4 is 5.97 Å². The van der Waals surface area contributed by atoms with Crippen LogP contribution in [0.1, 0.15) is 35.2 Å². The first-order valence-electron chi connectivity index (χ1n) is 7.57. The molecule has 124 valence electrons. The van der Waals surface area contributed by atoms with Gasteiger partial charge in [-0.3, -0.25) is 5.10 Å². The highest BCUT2D eigenvalue weighted by atomic mass is 19.1. The lowest BCUT2D eigenvalue weighted by molar-refractivity contribution is 0.0460. The second kappa shape index (κ2) is 7.08. The molecule has 0 radical (unpaired) electrons. The molecule has 2 heterocycles. The molecule has 0 amide bonds.